The van der Waals surface area contributed by atoms with Gasteiger partial charge >= 0.3 is 0 Å². The molecule has 15 heavy (non-hydrogen) atoms. The van der Waals surface area contributed by atoms with E-state index in [2.05, 4.69) is 4.98 Å². The first kappa shape index (κ1) is 10.6. The first-order valence-corrected chi connectivity index (χ1v) is 6.88. The minimum absolute atomic E-state index is 0.676. The molecule has 1 aromatic heterocycles. The zero-order valence-electron chi connectivity index (χ0n) is 8.40. The van der Waals surface area contributed by atoms with Crippen LogP contribution < -0.4 is 5.73 Å². The van der Waals surface area contributed by atoms with E-state index in [0.29, 0.717) is 10.1 Å². The van der Waals surface area contributed by atoms with Gasteiger partial charge in [-0.15, -0.1) is 11.3 Å². The number of fused-ring (bicyclic) bond motifs is 1. The molecule has 0 saturated heterocycles. The topological polar surface area (TPSA) is 56.0 Å². The zero-order chi connectivity index (χ0) is 10.8. The van der Waals surface area contributed by atoms with Gasteiger partial charge in [-0.2, -0.15) is 0 Å². The van der Waals surface area contributed by atoms with E-state index in [1.54, 1.807) is 0 Å². The maximum Gasteiger partial charge on any atom is 0.181 e. The van der Waals surface area contributed by atoms with Gasteiger partial charge in [-0.25, -0.2) is 4.98 Å². The summed E-state index contributed by atoms with van der Waals surface area (Å²) in [5.74, 6) is 0.676. The fourth-order valence-electron chi connectivity index (χ4n) is 1.29. The number of nitrogens with two attached hydrogens (primary N) is 1. The van der Waals surface area contributed by atoms with E-state index >= 15 is 0 Å². The van der Waals surface area contributed by atoms with E-state index in [1.165, 1.54) is 11.3 Å². The number of thiazole rings is 1. The van der Waals surface area contributed by atoms with Crippen molar-refractivity contribution < 1.29 is 4.21 Å². The second-order valence-corrected chi connectivity index (χ2v) is 6.03. The average molecular weight is 240 g/mol. The summed E-state index contributed by atoms with van der Waals surface area (Å²) >= 11 is 1.47. The van der Waals surface area contributed by atoms with Crippen LogP contribution >= 0.6 is 11.3 Å². The van der Waals surface area contributed by atoms with E-state index in [-0.39, 0.29) is 0 Å². The zero-order valence-corrected chi connectivity index (χ0v) is 10.0. The van der Waals surface area contributed by atoms with Crippen LogP contribution in [0, 0.1) is 0 Å². The number of aromatic nitrogens is 1. The van der Waals surface area contributed by atoms with Gasteiger partial charge in [0.05, 0.1) is 21.0 Å². The van der Waals surface area contributed by atoms with Crippen molar-refractivity contribution in [1.29, 1.82) is 0 Å². The van der Waals surface area contributed by atoms with Crippen LogP contribution in [0.1, 0.15) is 13.3 Å². The van der Waals surface area contributed by atoms with Crippen molar-refractivity contribution in [1.82, 2.24) is 4.98 Å². The molecule has 0 aliphatic carbocycles. The Balaban J connectivity index is 2.42. The van der Waals surface area contributed by atoms with Crippen molar-refractivity contribution in [3.8, 4) is 0 Å². The van der Waals surface area contributed by atoms with E-state index in [4.69, 9.17) is 5.73 Å². The summed E-state index contributed by atoms with van der Waals surface area (Å²) in [6.45, 7) is 2.02. The van der Waals surface area contributed by atoms with Crippen LogP contribution in [0.5, 0.6) is 0 Å². The molecule has 0 aliphatic heterocycles. The quantitative estimate of drug-likeness (QED) is 0.838. The van der Waals surface area contributed by atoms with Gasteiger partial charge in [0, 0.05) is 11.4 Å². The first-order chi connectivity index (χ1) is 7.20. The highest BCUT2D eigenvalue weighted by atomic mass is 32.2. The van der Waals surface area contributed by atoms with Crippen molar-refractivity contribution in [2.75, 3.05) is 11.5 Å². The molecule has 5 heteroatoms. The second kappa shape index (κ2) is 4.28. The van der Waals surface area contributed by atoms with E-state index < -0.39 is 10.8 Å². The molecule has 0 radical (unpaired) electrons. The molecule has 0 spiro atoms. The van der Waals surface area contributed by atoms with Crippen molar-refractivity contribution in [3.63, 3.8) is 0 Å². The number of anilines is 1. The number of benzene rings is 1. The summed E-state index contributed by atoms with van der Waals surface area (Å²) in [6, 6.07) is 5.56. The lowest BCUT2D eigenvalue weighted by atomic mass is 10.3. The summed E-state index contributed by atoms with van der Waals surface area (Å²) in [5, 5.41) is 0. The number of nitrogen functional groups attached to an aromatic ring is 1. The third kappa shape index (κ3) is 2.18. The third-order valence-corrected chi connectivity index (χ3v) is 4.86. The summed E-state index contributed by atoms with van der Waals surface area (Å²) < 4.78 is 13.4. The Hall–Kier alpha value is -0.940. The molecular formula is C10H12N2OS2. The molecule has 2 aromatic rings. The fourth-order valence-corrected chi connectivity index (χ4v) is 3.67. The molecule has 0 amide bonds. The molecule has 0 fully saturated rings. The minimum Gasteiger partial charge on any atom is -0.399 e. The SMILES string of the molecule is CCCS(=O)c1nc2ccc(N)cc2s1. The van der Waals surface area contributed by atoms with Crippen LogP contribution in [-0.4, -0.2) is 14.9 Å². The monoisotopic (exact) mass is 240 g/mol. The molecule has 1 heterocycles. The summed E-state index contributed by atoms with van der Waals surface area (Å²) in [5.41, 5.74) is 7.28. The van der Waals surface area contributed by atoms with Crippen molar-refractivity contribution in [3.05, 3.63) is 18.2 Å². The molecule has 2 rings (SSSR count). The Morgan fingerprint density at radius 2 is 2.33 bits per heavy atom. The summed E-state index contributed by atoms with van der Waals surface area (Å²) in [4.78, 5) is 4.34. The number of hydrogen-bond acceptors (Lipinski definition) is 4. The van der Waals surface area contributed by atoms with Gasteiger partial charge in [-0.3, -0.25) is 4.21 Å². The standard InChI is InChI=1S/C10H12N2OS2/c1-2-5-15(13)10-12-8-4-3-7(11)6-9(8)14-10/h3-4,6H,2,5,11H2,1H3. The van der Waals surface area contributed by atoms with Crippen LogP contribution in [0.25, 0.3) is 10.2 Å². The van der Waals surface area contributed by atoms with Gasteiger partial charge < -0.3 is 5.73 Å². The minimum atomic E-state index is -0.956. The molecule has 1 unspecified atom stereocenters. The lowest BCUT2D eigenvalue weighted by Crippen LogP contribution is -1.95. The van der Waals surface area contributed by atoms with E-state index in [1.807, 2.05) is 25.1 Å². The van der Waals surface area contributed by atoms with Gasteiger partial charge in [0.1, 0.15) is 0 Å². The number of hydrogen-bond donors (Lipinski definition) is 1. The largest absolute Gasteiger partial charge is 0.399 e. The molecule has 0 saturated carbocycles. The normalized spacial score (nSPS) is 13.1. The second-order valence-electron chi connectivity index (χ2n) is 3.26. The van der Waals surface area contributed by atoms with E-state index in [0.717, 1.165) is 22.3 Å². The Labute approximate surface area is 94.8 Å². The maximum absolute atomic E-state index is 11.7. The smallest absolute Gasteiger partial charge is 0.181 e. The van der Waals surface area contributed by atoms with Gasteiger partial charge in [0.2, 0.25) is 0 Å². The molecule has 3 nitrogen and oxygen atoms in total. The highest BCUT2D eigenvalue weighted by Crippen LogP contribution is 2.26. The molecule has 2 N–H and O–H groups in total. The first-order valence-electron chi connectivity index (χ1n) is 4.75. The van der Waals surface area contributed by atoms with Crippen molar-refractivity contribution in [2.24, 2.45) is 0 Å². The predicted molar refractivity (Wildman–Crippen MR) is 65.6 cm³/mol. The Kier molecular flexibility index (Phi) is 3.02. The van der Waals surface area contributed by atoms with Crippen molar-refractivity contribution in [2.45, 2.75) is 17.7 Å². The molecule has 1 aromatic carbocycles. The Morgan fingerprint density at radius 1 is 1.53 bits per heavy atom. The van der Waals surface area contributed by atoms with Crippen LogP contribution in [-0.2, 0) is 10.8 Å². The predicted octanol–water partition coefficient (Wildman–Crippen LogP) is 2.40. The van der Waals surface area contributed by atoms with Gasteiger partial charge in [-0.1, -0.05) is 6.92 Å². The van der Waals surface area contributed by atoms with Gasteiger partial charge in [-0.05, 0) is 24.6 Å². The van der Waals surface area contributed by atoms with Crippen molar-refractivity contribution >= 4 is 38.0 Å². The average Bonchev–Trinajstić information content (AvgIpc) is 2.60. The molecule has 1 atom stereocenters. The number of rotatable bonds is 3. The lowest BCUT2D eigenvalue weighted by Gasteiger charge is -1.91. The number of nitrogens with zero attached hydrogens (tertiary/aromatic N) is 1. The van der Waals surface area contributed by atoms with Gasteiger partial charge in [0.25, 0.3) is 0 Å². The van der Waals surface area contributed by atoms with Crippen LogP contribution in [0.4, 0.5) is 5.69 Å². The molecule has 0 aliphatic rings. The van der Waals surface area contributed by atoms with Crippen LogP contribution in [0.2, 0.25) is 0 Å². The van der Waals surface area contributed by atoms with Crippen LogP contribution in [0.15, 0.2) is 22.5 Å². The summed E-state index contributed by atoms with van der Waals surface area (Å²) in [6.07, 6.45) is 0.907. The highest BCUT2D eigenvalue weighted by Gasteiger charge is 2.09. The highest BCUT2D eigenvalue weighted by molar-refractivity contribution is 7.87. The molecular weight excluding hydrogens is 228 g/mol. The lowest BCUT2D eigenvalue weighted by molar-refractivity contribution is 0.681. The van der Waals surface area contributed by atoms with Crippen LogP contribution in [0.3, 0.4) is 0 Å². The van der Waals surface area contributed by atoms with E-state index in [9.17, 15) is 4.21 Å². The third-order valence-electron chi connectivity index (χ3n) is 1.98. The molecule has 80 valence electrons. The Bertz CT molecular complexity index is 507. The maximum atomic E-state index is 11.7. The fraction of sp³-hybridized carbons (Fsp3) is 0.300. The molecule has 0 bridgehead atoms. The van der Waals surface area contributed by atoms with Gasteiger partial charge in [0.15, 0.2) is 4.34 Å². The summed E-state index contributed by atoms with van der Waals surface area (Å²) in [7, 11) is -0.956. The Morgan fingerprint density at radius 3 is 3.07 bits per heavy atom.